The van der Waals surface area contributed by atoms with Crippen molar-refractivity contribution >= 4 is 34.7 Å². The van der Waals surface area contributed by atoms with E-state index in [1.54, 1.807) is 12.1 Å². The summed E-state index contributed by atoms with van der Waals surface area (Å²) in [5.41, 5.74) is 0.760. The zero-order chi connectivity index (χ0) is 13.8. The van der Waals surface area contributed by atoms with Crippen LogP contribution in [0, 0.1) is 13.8 Å². The third-order valence-electron chi connectivity index (χ3n) is 2.48. The van der Waals surface area contributed by atoms with Gasteiger partial charge in [0.2, 0.25) is 0 Å². The lowest BCUT2D eigenvalue weighted by atomic mass is 10.4. The molecule has 0 aliphatic heterocycles. The number of pyridine rings is 1. The van der Waals surface area contributed by atoms with Crippen molar-refractivity contribution in [2.24, 2.45) is 0 Å². The molecule has 0 amide bonds. The first-order valence-corrected chi connectivity index (χ1v) is 6.56. The van der Waals surface area contributed by atoms with Crippen LogP contribution in [-0.4, -0.2) is 10.1 Å². The van der Waals surface area contributed by atoms with Gasteiger partial charge in [-0.25, -0.2) is 4.98 Å². The quantitative estimate of drug-likeness (QED) is 0.850. The number of halogens is 1. The molecule has 2 rings (SSSR count). The molecule has 0 spiro atoms. The molecule has 0 atom stereocenters. The molecule has 2 heterocycles. The molecule has 0 aliphatic carbocycles. The molecule has 2 aromatic heterocycles. The van der Waals surface area contributed by atoms with E-state index >= 15 is 0 Å². The van der Waals surface area contributed by atoms with Crippen LogP contribution in [0.2, 0.25) is 5.02 Å². The molecule has 0 saturated heterocycles. The molecule has 0 fully saturated rings. The summed E-state index contributed by atoms with van der Waals surface area (Å²) < 4.78 is 5.44. The Kier molecular flexibility index (Phi) is 4.39. The third-order valence-corrected chi connectivity index (χ3v) is 3.13. The molecule has 19 heavy (non-hydrogen) atoms. The van der Waals surface area contributed by atoms with E-state index in [-0.39, 0.29) is 0 Å². The minimum absolute atomic E-state index is 0.489. The van der Waals surface area contributed by atoms with Gasteiger partial charge in [-0.2, -0.15) is 0 Å². The summed E-state index contributed by atoms with van der Waals surface area (Å²) in [6.45, 7) is 4.28. The van der Waals surface area contributed by atoms with E-state index in [1.807, 2.05) is 26.0 Å². The second kappa shape index (κ2) is 6.04. The van der Waals surface area contributed by atoms with Gasteiger partial charge in [-0.05, 0) is 50.3 Å². The number of aryl methyl sites for hydroxylation is 2. The lowest BCUT2D eigenvalue weighted by molar-refractivity contribution is 0.478. The SMILES string of the molecule is Cc1ccc(CNC(=S)Nc2ccc(Cl)c(C)n2)o1. The highest BCUT2D eigenvalue weighted by Gasteiger charge is 2.03. The molecule has 4 nitrogen and oxygen atoms in total. The van der Waals surface area contributed by atoms with Gasteiger partial charge in [0.1, 0.15) is 17.3 Å². The Hall–Kier alpha value is -1.59. The first-order valence-electron chi connectivity index (χ1n) is 5.78. The third kappa shape index (κ3) is 3.94. The number of anilines is 1. The molecule has 6 heteroatoms. The molecule has 0 bridgehead atoms. The summed E-state index contributed by atoms with van der Waals surface area (Å²) in [5, 5.41) is 7.17. The van der Waals surface area contributed by atoms with Crippen molar-refractivity contribution in [2.75, 3.05) is 5.32 Å². The number of nitrogens with one attached hydrogen (secondary N) is 2. The number of rotatable bonds is 3. The Balaban J connectivity index is 1.88. The maximum atomic E-state index is 5.91. The number of thiocarbonyl (C=S) groups is 1. The smallest absolute Gasteiger partial charge is 0.172 e. The molecule has 0 aliphatic rings. The number of furan rings is 1. The summed E-state index contributed by atoms with van der Waals surface area (Å²) in [7, 11) is 0. The maximum Gasteiger partial charge on any atom is 0.172 e. The summed E-state index contributed by atoms with van der Waals surface area (Å²) in [5.74, 6) is 2.38. The Morgan fingerprint density at radius 3 is 2.74 bits per heavy atom. The van der Waals surface area contributed by atoms with Gasteiger partial charge in [0.25, 0.3) is 0 Å². The van der Waals surface area contributed by atoms with Crippen LogP contribution in [0.15, 0.2) is 28.7 Å². The summed E-state index contributed by atoms with van der Waals surface area (Å²) >= 11 is 11.1. The van der Waals surface area contributed by atoms with Crippen LogP contribution in [0.4, 0.5) is 5.82 Å². The molecule has 0 unspecified atom stereocenters. The molecule has 2 N–H and O–H groups in total. The zero-order valence-corrected chi connectivity index (χ0v) is 12.2. The largest absolute Gasteiger partial charge is 0.465 e. The van der Waals surface area contributed by atoms with Gasteiger partial charge in [0.15, 0.2) is 5.11 Å². The summed E-state index contributed by atoms with van der Waals surface area (Å²) in [6.07, 6.45) is 0. The lowest BCUT2D eigenvalue weighted by Crippen LogP contribution is -2.28. The van der Waals surface area contributed by atoms with E-state index < -0.39 is 0 Å². The van der Waals surface area contributed by atoms with Gasteiger partial charge < -0.3 is 15.1 Å². The molecular formula is C13H14ClN3OS. The number of nitrogens with zero attached hydrogens (tertiary/aromatic N) is 1. The second-order valence-electron chi connectivity index (χ2n) is 4.08. The average molecular weight is 296 g/mol. The van der Waals surface area contributed by atoms with Crippen molar-refractivity contribution in [3.8, 4) is 0 Å². The van der Waals surface area contributed by atoms with Gasteiger partial charge in [-0.1, -0.05) is 11.6 Å². The van der Waals surface area contributed by atoms with E-state index in [0.717, 1.165) is 17.2 Å². The van der Waals surface area contributed by atoms with Crippen LogP contribution in [-0.2, 0) is 6.54 Å². The number of aromatic nitrogens is 1. The van der Waals surface area contributed by atoms with Gasteiger partial charge >= 0.3 is 0 Å². The normalized spacial score (nSPS) is 10.3. The van der Waals surface area contributed by atoms with Crippen molar-refractivity contribution < 1.29 is 4.42 Å². The number of hydrogen-bond donors (Lipinski definition) is 2. The topological polar surface area (TPSA) is 50.1 Å². The van der Waals surface area contributed by atoms with E-state index in [2.05, 4.69) is 15.6 Å². The Bertz CT molecular complexity index is 597. The monoisotopic (exact) mass is 295 g/mol. The van der Waals surface area contributed by atoms with Gasteiger partial charge in [-0.3, -0.25) is 0 Å². The van der Waals surface area contributed by atoms with Crippen molar-refractivity contribution in [1.29, 1.82) is 0 Å². The fourth-order valence-electron chi connectivity index (χ4n) is 1.52. The Labute approximate surface area is 122 Å². The fraction of sp³-hybridized carbons (Fsp3) is 0.231. The van der Waals surface area contributed by atoms with Crippen LogP contribution < -0.4 is 10.6 Å². The van der Waals surface area contributed by atoms with E-state index in [4.69, 9.17) is 28.2 Å². The molecule has 100 valence electrons. The van der Waals surface area contributed by atoms with Crippen molar-refractivity contribution in [3.63, 3.8) is 0 Å². The average Bonchev–Trinajstić information content (AvgIpc) is 2.77. The molecule has 0 saturated carbocycles. The lowest BCUT2D eigenvalue weighted by Gasteiger charge is -2.09. The van der Waals surface area contributed by atoms with Crippen LogP contribution in [0.3, 0.4) is 0 Å². The fourth-order valence-corrected chi connectivity index (χ4v) is 1.80. The van der Waals surface area contributed by atoms with Crippen LogP contribution >= 0.6 is 23.8 Å². The number of hydrogen-bond acceptors (Lipinski definition) is 3. The summed E-state index contributed by atoms with van der Waals surface area (Å²) in [4.78, 5) is 4.28. The van der Waals surface area contributed by atoms with Gasteiger partial charge in [0.05, 0.1) is 17.3 Å². The van der Waals surface area contributed by atoms with Crippen molar-refractivity contribution in [3.05, 3.63) is 46.5 Å². The molecule has 0 aromatic carbocycles. The van der Waals surface area contributed by atoms with E-state index in [1.165, 1.54) is 0 Å². The highest BCUT2D eigenvalue weighted by molar-refractivity contribution is 7.80. The van der Waals surface area contributed by atoms with Crippen LogP contribution in [0.25, 0.3) is 0 Å². The highest BCUT2D eigenvalue weighted by Crippen LogP contribution is 2.15. The predicted molar refractivity (Wildman–Crippen MR) is 80.5 cm³/mol. The molecule has 0 radical (unpaired) electrons. The zero-order valence-electron chi connectivity index (χ0n) is 10.7. The van der Waals surface area contributed by atoms with E-state index in [0.29, 0.717) is 22.5 Å². The van der Waals surface area contributed by atoms with Crippen LogP contribution in [0.5, 0.6) is 0 Å². The summed E-state index contributed by atoms with van der Waals surface area (Å²) in [6, 6.07) is 7.39. The Morgan fingerprint density at radius 1 is 1.32 bits per heavy atom. The molecule has 2 aromatic rings. The van der Waals surface area contributed by atoms with Crippen molar-refractivity contribution in [1.82, 2.24) is 10.3 Å². The van der Waals surface area contributed by atoms with Crippen molar-refractivity contribution in [2.45, 2.75) is 20.4 Å². The molecular weight excluding hydrogens is 282 g/mol. The van der Waals surface area contributed by atoms with Gasteiger partial charge in [0, 0.05) is 0 Å². The minimum Gasteiger partial charge on any atom is -0.465 e. The maximum absolute atomic E-state index is 5.91. The minimum atomic E-state index is 0.489. The standard InChI is InChI=1S/C13H14ClN3OS/c1-8-3-4-10(18-8)7-15-13(19)17-12-6-5-11(14)9(2)16-12/h3-6H,7H2,1-2H3,(H2,15,16,17,19). The van der Waals surface area contributed by atoms with E-state index in [9.17, 15) is 0 Å². The first-order chi connectivity index (χ1) is 9.04. The predicted octanol–water partition coefficient (Wildman–Crippen LogP) is 3.43. The second-order valence-corrected chi connectivity index (χ2v) is 4.90. The Morgan fingerprint density at radius 2 is 2.11 bits per heavy atom. The first kappa shape index (κ1) is 13.8. The van der Waals surface area contributed by atoms with Gasteiger partial charge in [-0.15, -0.1) is 0 Å². The highest BCUT2D eigenvalue weighted by atomic mass is 35.5. The van der Waals surface area contributed by atoms with Crippen LogP contribution in [0.1, 0.15) is 17.2 Å².